The number of hydrogen-bond acceptors (Lipinski definition) is 7. The second kappa shape index (κ2) is 12.6. The molecular formula is C32H29Cl2FN8. The number of anilines is 3. The lowest BCUT2D eigenvalue weighted by Crippen LogP contribution is -2.34. The Hall–Kier alpha value is -4.23. The smallest absolute Gasteiger partial charge is 0.141 e. The second-order valence-corrected chi connectivity index (χ2v) is 11.4. The number of benzene rings is 3. The first-order chi connectivity index (χ1) is 20.9. The highest BCUT2D eigenvalue weighted by atomic mass is 35.5. The summed E-state index contributed by atoms with van der Waals surface area (Å²) in [6.45, 7) is 5.34. The number of nitrogens with zero attached hydrogens (tertiary/aromatic N) is 6. The van der Waals surface area contributed by atoms with E-state index < -0.39 is 5.82 Å². The number of rotatable bonds is 8. The summed E-state index contributed by atoms with van der Waals surface area (Å²) in [4.78, 5) is 7.10. The molecule has 218 valence electrons. The van der Waals surface area contributed by atoms with E-state index in [-0.39, 0.29) is 11.1 Å². The van der Waals surface area contributed by atoms with Crippen LogP contribution in [0.3, 0.4) is 0 Å². The fourth-order valence-corrected chi connectivity index (χ4v) is 5.94. The molecule has 1 aliphatic rings. The fraction of sp³-hybridized carbons (Fsp3) is 0.250. The van der Waals surface area contributed by atoms with E-state index >= 15 is 0 Å². The van der Waals surface area contributed by atoms with Gasteiger partial charge in [0, 0.05) is 35.4 Å². The van der Waals surface area contributed by atoms with Gasteiger partial charge in [0.25, 0.3) is 0 Å². The van der Waals surface area contributed by atoms with Crippen molar-refractivity contribution in [3.8, 4) is 6.07 Å². The normalized spacial score (nSPS) is 14.9. The molecule has 0 amide bonds. The van der Waals surface area contributed by atoms with E-state index in [0.717, 1.165) is 43.7 Å². The Bertz CT molecular complexity index is 1800. The summed E-state index contributed by atoms with van der Waals surface area (Å²) in [6, 6.07) is 20.0. The largest absolute Gasteiger partial charge is 0.371 e. The number of halogens is 3. The maximum atomic E-state index is 13.8. The van der Waals surface area contributed by atoms with Crippen LogP contribution in [0.1, 0.15) is 48.7 Å². The van der Waals surface area contributed by atoms with Gasteiger partial charge >= 0.3 is 0 Å². The maximum absolute atomic E-state index is 13.8. The number of aromatic nitrogens is 4. The van der Waals surface area contributed by atoms with Crippen LogP contribution in [0, 0.1) is 17.1 Å². The Balaban J connectivity index is 1.39. The molecule has 0 bridgehead atoms. The lowest BCUT2D eigenvalue weighted by atomic mass is 10.0. The summed E-state index contributed by atoms with van der Waals surface area (Å²) < 4.78 is 15.8. The van der Waals surface area contributed by atoms with E-state index in [1.807, 2.05) is 47.3 Å². The third-order valence-electron chi connectivity index (χ3n) is 7.88. The van der Waals surface area contributed by atoms with Gasteiger partial charge in [0.1, 0.15) is 17.6 Å². The summed E-state index contributed by atoms with van der Waals surface area (Å²) in [5.74, 6) is -0.530. The molecule has 43 heavy (non-hydrogen) atoms. The van der Waals surface area contributed by atoms with Crippen molar-refractivity contribution in [3.05, 3.63) is 106 Å². The third kappa shape index (κ3) is 6.13. The van der Waals surface area contributed by atoms with Crippen molar-refractivity contribution in [2.45, 2.75) is 31.8 Å². The molecule has 2 aromatic heterocycles. The molecule has 0 spiro atoms. The summed E-state index contributed by atoms with van der Waals surface area (Å²) in [6.07, 6.45) is 5.58. The summed E-state index contributed by atoms with van der Waals surface area (Å²) in [7, 11) is 0. The lowest BCUT2D eigenvalue weighted by molar-refractivity contribution is 0.186. The van der Waals surface area contributed by atoms with Gasteiger partial charge in [-0.3, -0.25) is 4.98 Å². The zero-order valence-electron chi connectivity index (χ0n) is 23.4. The first kappa shape index (κ1) is 28.9. The van der Waals surface area contributed by atoms with Crippen molar-refractivity contribution in [1.29, 1.82) is 5.26 Å². The first-order valence-corrected chi connectivity index (χ1v) is 14.9. The molecule has 1 fully saturated rings. The van der Waals surface area contributed by atoms with Crippen molar-refractivity contribution in [2.75, 3.05) is 30.3 Å². The van der Waals surface area contributed by atoms with E-state index in [1.54, 1.807) is 12.1 Å². The molecule has 1 atom stereocenters. The van der Waals surface area contributed by atoms with Crippen LogP contribution in [0.25, 0.3) is 10.9 Å². The van der Waals surface area contributed by atoms with Gasteiger partial charge in [0.2, 0.25) is 0 Å². The first-order valence-electron chi connectivity index (χ1n) is 14.1. The van der Waals surface area contributed by atoms with Crippen LogP contribution in [0.15, 0.2) is 73.1 Å². The van der Waals surface area contributed by atoms with Crippen molar-refractivity contribution in [1.82, 2.24) is 24.9 Å². The summed E-state index contributed by atoms with van der Waals surface area (Å²) in [5, 5.41) is 26.9. The van der Waals surface area contributed by atoms with Crippen LogP contribution in [-0.4, -0.2) is 44.5 Å². The molecule has 11 heteroatoms. The zero-order chi connectivity index (χ0) is 29.9. The Labute approximate surface area is 259 Å². The minimum absolute atomic E-state index is 0.0306. The van der Waals surface area contributed by atoms with Crippen molar-refractivity contribution < 1.29 is 4.39 Å². The number of nitrogens with one attached hydrogen (secondary N) is 2. The highest BCUT2D eigenvalue weighted by Crippen LogP contribution is 2.38. The zero-order valence-corrected chi connectivity index (χ0v) is 24.9. The maximum Gasteiger partial charge on any atom is 0.141 e. The van der Waals surface area contributed by atoms with E-state index in [2.05, 4.69) is 43.8 Å². The van der Waals surface area contributed by atoms with Gasteiger partial charge < -0.3 is 15.5 Å². The predicted molar refractivity (Wildman–Crippen MR) is 168 cm³/mol. The molecule has 0 radical (unpaired) electrons. The molecule has 6 rings (SSSR count). The average molecular weight is 616 g/mol. The van der Waals surface area contributed by atoms with E-state index in [9.17, 15) is 9.65 Å². The molecule has 3 heterocycles. The minimum atomic E-state index is -0.530. The van der Waals surface area contributed by atoms with Crippen LogP contribution in [-0.2, 0) is 0 Å². The van der Waals surface area contributed by atoms with E-state index in [1.165, 1.54) is 18.3 Å². The molecule has 8 nitrogen and oxygen atoms in total. The van der Waals surface area contributed by atoms with Crippen LogP contribution in [0.2, 0.25) is 10.0 Å². The topological polar surface area (TPSA) is 94.7 Å². The van der Waals surface area contributed by atoms with E-state index in [4.69, 9.17) is 23.2 Å². The molecule has 0 saturated carbocycles. The van der Waals surface area contributed by atoms with Crippen molar-refractivity contribution in [2.24, 2.45) is 0 Å². The quantitative estimate of drug-likeness (QED) is 0.184. The molecule has 3 aromatic carbocycles. The van der Waals surface area contributed by atoms with Crippen molar-refractivity contribution in [3.63, 3.8) is 0 Å². The Kier molecular flexibility index (Phi) is 8.43. The number of likely N-dealkylation sites (tertiary alicyclic amines) is 1. The summed E-state index contributed by atoms with van der Waals surface area (Å²) >= 11 is 12.7. The molecule has 1 aliphatic heterocycles. The molecular weight excluding hydrogens is 586 g/mol. The SMILES string of the molecule is CCN1CCC(n2cc(C(Nc3cc(Cl)cc4c(Nc5ccc(F)c(Cl)c5)c(C#N)cnc34)c3ccccc3)nn2)CC1. The Morgan fingerprint density at radius 3 is 2.60 bits per heavy atom. The van der Waals surface area contributed by atoms with Gasteiger partial charge in [-0.15, -0.1) is 5.10 Å². The third-order valence-corrected chi connectivity index (χ3v) is 8.39. The van der Waals surface area contributed by atoms with Gasteiger partial charge in [-0.2, -0.15) is 5.26 Å². The molecule has 1 saturated heterocycles. The second-order valence-electron chi connectivity index (χ2n) is 10.5. The number of hydrogen-bond donors (Lipinski definition) is 2. The number of fused-ring (bicyclic) bond motifs is 1. The Morgan fingerprint density at radius 2 is 1.88 bits per heavy atom. The standard InChI is InChI=1S/C32H29Cl2FN8/c1-2-42-12-10-24(11-13-42)43-19-29(40-41-43)31(20-6-4-3-5-7-20)39-28-15-22(33)14-25-30(21(17-36)18-37-32(25)28)38-23-8-9-27(35)26(34)16-23/h3-9,14-16,18-19,24,31,39H,2,10-13H2,1H3,(H,37,38). The van der Waals surface area contributed by atoms with Gasteiger partial charge in [-0.05, 0) is 55.3 Å². The van der Waals surface area contributed by atoms with Crippen LogP contribution in [0.5, 0.6) is 0 Å². The monoisotopic (exact) mass is 614 g/mol. The molecule has 1 unspecified atom stereocenters. The van der Waals surface area contributed by atoms with Crippen LogP contribution in [0.4, 0.5) is 21.5 Å². The molecule has 2 N–H and O–H groups in total. The van der Waals surface area contributed by atoms with Gasteiger partial charge in [0.15, 0.2) is 0 Å². The Morgan fingerprint density at radius 1 is 1.09 bits per heavy atom. The number of pyridine rings is 1. The van der Waals surface area contributed by atoms with Gasteiger partial charge in [0.05, 0.1) is 45.8 Å². The van der Waals surface area contributed by atoms with Gasteiger partial charge in [-0.25, -0.2) is 9.07 Å². The van der Waals surface area contributed by atoms with Crippen LogP contribution >= 0.6 is 23.2 Å². The summed E-state index contributed by atoms with van der Waals surface area (Å²) in [5.41, 5.74) is 4.33. The lowest BCUT2D eigenvalue weighted by Gasteiger charge is -2.30. The molecule has 0 aliphatic carbocycles. The average Bonchev–Trinajstić information content (AvgIpc) is 3.52. The minimum Gasteiger partial charge on any atom is -0.371 e. The number of piperidine rings is 1. The molecule has 5 aromatic rings. The predicted octanol–water partition coefficient (Wildman–Crippen LogP) is 7.75. The fourth-order valence-electron chi connectivity index (χ4n) is 5.55. The highest BCUT2D eigenvalue weighted by molar-refractivity contribution is 6.32. The van der Waals surface area contributed by atoms with E-state index in [0.29, 0.717) is 44.6 Å². The van der Waals surface area contributed by atoms with Crippen molar-refractivity contribution >= 4 is 51.2 Å². The van der Waals surface area contributed by atoms with Crippen LogP contribution < -0.4 is 10.6 Å². The van der Waals surface area contributed by atoms with Gasteiger partial charge in [-0.1, -0.05) is 65.7 Å². The number of nitriles is 1. The highest BCUT2D eigenvalue weighted by Gasteiger charge is 2.25.